The Morgan fingerprint density at radius 1 is 1.18 bits per heavy atom. The quantitative estimate of drug-likeness (QED) is 0.112. The predicted molar refractivity (Wildman–Crippen MR) is 168 cm³/mol. The summed E-state index contributed by atoms with van der Waals surface area (Å²) in [6.45, 7) is 12.2. The Morgan fingerprint density at radius 3 is 2.52 bits per heavy atom. The van der Waals surface area contributed by atoms with Crippen LogP contribution in [-0.4, -0.2) is 24.0 Å². The van der Waals surface area contributed by atoms with Gasteiger partial charge in [-0.05, 0) is 74.3 Å². The van der Waals surface area contributed by atoms with E-state index in [9.17, 15) is 9.18 Å². The standard InChI is InChI=1S/C23H30FNO.C12H23NO/c1-5-7-13-20-21-16-18(24)14-15-22(21)25-23(20)17(3)11-8-9-12-19(26-4)10-6-2;1-3-10(2)12(14)13-11-8-6-4-5-7-9-11/h6,8-10,14-17,25H,2,5,7,11-13H2,1,3-4H3;10-11H,3-9H2,1-2H3,(H,13,14)/b9-8-,19-10+;. The summed E-state index contributed by atoms with van der Waals surface area (Å²) >= 11 is 0. The van der Waals surface area contributed by atoms with Gasteiger partial charge >= 0.3 is 0 Å². The van der Waals surface area contributed by atoms with Gasteiger partial charge in [-0.25, -0.2) is 4.39 Å². The molecule has 0 aliphatic heterocycles. The van der Waals surface area contributed by atoms with Gasteiger partial charge in [-0.2, -0.15) is 0 Å². The van der Waals surface area contributed by atoms with E-state index in [0.717, 1.165) is 55.2 Å². The van der Waals surface area contributed by atoms with Crippen molar-refractivity contribution in [1.29, 1.82) is 0 Å². The highest BCUT2D eigenvalue weighted by atomic mass is 19.1. The fourth-order valence-corrected chi connectivity index (χ4v) is 5.21. The van der Waals surface area contributed by atoms with E-state index in [2.05, 4.69) is 49.8 Å². The molecule has 0 saturated heterocycles. The molecule has 1 fully saturated rings. The van der Waals surface area contributed by atoms with Gasteiger partial charge in [-0.15, -0.1) is 0 Å². The minimum Gasteiger partial charge on any atom is -0.501 e. The number of ether oxygens (including phenoxy) is 1. The van der Waals surface area contributed by atoms with Crippen molar-refractivity contribution in [2.24, 2.45) is 5.92 Å². The number of allylic oxidation sites excluding steroid dienone is 4. The second kappa shape index (κ2) is 18.5. The number of amides is 1. The number of H-pyrrole nitrogens is 1. The topological polar surface area (TPSA) is 54.1 Å². The van der Waals surface area contributed by atoms with Gasteiger partial charge in [0.25, 0.3) is 0 Å². The van der Waals surface area contributed by atoms with Crippen LogP contribution in [-0.2, 0) is 16.0 Å². The van der Waals surface area contributed by atoms with E-state index < -0.39 is 0 Å². The first kappa shape index (κ1) is 33.4. The first-order chi connectivity index (χ1) is 19.3. The van der Waals surface area contributed by atoms with E-state index in [1.165, 1.54) is 55.8 Å². The summed E-state index contributed by atoms with van der Waals surface area (Å²) in [5, 5.41) is 4.20. The number of aromatic amines is 1. The third kappa shape index (κ3) is 11.0. The summed E-state index contributed by atoms with van der Waals surface area (Å²) < 4.78 is 19.0. The molecule has 2 N–H and O–H groups in total. The summed E-state index contributed by atoms with van der Waals surface area (Å²) in [7, 11) is 1.68. The zero-order valence-corrected chi connectivity index (χ0v) is 25.7. The van der Waals surface area contributed by atoms with Crippen LogP contribution in [0.15, 0.2) is 54.8 Å². The number of aryl methyl sites for hydroxylation is 1. The Kier molecular flexibility index (Phi) is 15.5. The molecule has 1 aromatic heterocycles. The molecule has 1 aromatic carbocycles. The third-order valence-corrected chi connectivity index (χ3v) is 7.98. The largest absolute Gasteiger partial charge is 0.501 e. The molecule has 1 aliphatic rings. The number of methoxy groups -OCH3 is 1. The number of hydrogen-bond acceptors (Lipinski definition) is 2. The lowest BCUT2D eigenvalue weighted by Gasteiger charge is -2.18. The van der Waals surface area contributed by atoms with Crippen LogP contribution in [0.1, 0.15) is 115 Å². The van der Waals surface area contributed by atoms with E-state index in [-0.39, 0.29) is 17.6 Å². The molecule has 1 saturated carbocycles. The molecule has 2 atom stereocenters. The van der Waals surface area contributed by atoms with Crippen LogP contribution < -0.4 is 5.32 Å². The van der Waals surface area contributed by atoms with E-state index >= 15 is 0 Å². The maximum Gasteiger partial charge on any atom is 0.223 e. The Balaban J connectivity index is 0.000000337. The summed E-state index contributed by atoms with van der Waals surface area (Å²) in [6, 6.07) is 5.49. The Hall–Kier alpha value is -2.82. The SMILES string of the molecule is C=C/C=C(\C/C=C\CC(C)c1[nH]c2ccc(F)cc2c1CCCC)OC.CCC(C)C(=O)NC1CCCCCC1. The van der Waals surface area contributed by atoms with Gasteiger partial charge < -0.3 is 15.0 Å². The van der Waals surface area contributed by atoms with Gasteiger partial charge in [0.15, 0.2) is 0 Å². The van der Waals surface area contributed by atoms with Gasteiger partial charge in [0, 0.05) is 35.0 Å². The minimum absolute atomic E-state index is 0.172. The number of fused-ring (bicyclic) bond motifs is 1. The number of hydrogen-bond donors (Lipinski definition) is 2. The molecule has 5 heteroatoms. The molecule has 2 unspecified atom stereocenters. The lowest BCUT2D eigenvalue weighted by atomic mass is 9.95. The van der Waals surface area contributed by atoms with E-state index in [1.54, 1.807) is 19.3 Å². The van der Waals surface area contributed by atoms with Crippen molar-refractivity contribution in [3.8, 4) is 0 Å². The van der Waals surface area contributed by atoms with Crippen molar-refractivity contribution < 1.29 is 13.9 Å². The Morgan fingerprint density at radius 2 is 1.90 bits per heavy atom. The molecular formula is C35H53FN2O2. The van der Waals surface area contributed by atoms with Gasteiger partial charge in [0.05, 0.1) is 12.9 Å². The lowest BCUT2D eigenvalue weighted by Crippen LogP contribution is -2.37. The normalized spacial score (nSPS) is 16.2. The first-order valence-corrected chi connectivity index (χ1v) is 15.4. The van der Waals surface area contributed by atoms with Crippen molar-refractivity contribution in [1.82, 2.24) is 10.3 Å². The van der Waals surface area contributed by atoms with Crippen LogP contribution in [0.3, 0.4) is 0 Å². The summed E-state index contributed by atoms with van der Waals surface area (Å²) in [6.07, 6.45) is 21.4. The van der Waals surface area contributed by atoms with Crippen LogP contribution in [0.5, 0.6) is 0 Å². The number of nitrogens with one attached hydrogen (secondary N) is 2. The number of carbonyl (C=O) groups excluding carboxylic acids is 1. The van der Waals surface area contributed by atoms with Crippen molar-refractivity contribution in [3.05, 3.63) is 71.9 Å². The average Bonchev–Trinajstić information content (AvgIpc) is 3.11. The predicted octanol–water partition coefficient (Wildman–Crippen LogP) is 9.68. The van der Waals surface area contributed by atoms with E-state index in [4.69, 9.17) is 4.74 Å². The first-order valence-electron chi connectivity index (χ1n) is 15.4. The van der Waals surface area contributed by atoms with Crippen molar-refractivity contribution in [2.75, 3.05) is 7.11 Å². The van der Waals surface area contributed by atoms with Crippen LogP contribution >= 0.6 is 0 Å². The molecule has 1 heterocycles. The van der Waals surface area contributed by atoms with Gasteiger partial charge in [0.1, 0.15) is 5.82 Å². The van der Waals surface area contributed by atoms with Gasteiger partial charge in [-0.1, -0.05) is 84.6 Å². The number of halogens is 1. The zero-order valence-electron chi connectivity index (χ0n) is 25.7. The second-order valence-corrected chi connectivity index (χ2v) is 11.2. The number of rotatable bonds is 13. The maximum atomic E-state index is 13.7. The van der Waals surface area contributed by atoms with Crippen LogP contribution in [0.4, 0.5) is 4.39 Å². The van der Waals surface area contributed by atoms with E-state index in [1.807, 2.05) is 19.1 Å². The molecule has 0 spiro atoms. The summed E-state index contributed by atoms with van der Waals surface area (Å²) in [5.41, 5.74) is 3.53. The molecule has 222 valence electrons. The van der Waals surface area contributed by atoms with Crippen molar-refractivity contribution in [3.63, 3.8) is 0 Å². The monoisotopic (exact) mass is 552 g/mol. The molecule has 40 heavy (non-hydrogen) atoms. The fraction of sp³-hybridized carbons (Fsp3) is 0.571. The molecule has 0 radical (unpaired) electrons. The minimum atomic E-state index is -0.172. The maximum absolute atomic E-state index is 13.7. The van der Waals surface area contributed by atoms with Crippen LogP contribution in [0.25, 0.3) is 10.9 Å². The molecule has 4 nitrogen and oxygen atoms in total. The van der Waals surface area contributed by atoms with Crippen LogP contribution in [0, 0.1) is 11.7 Å². The fourth-order valence-electron chi connectivity index (χ4n) is 5.21. The smallest absolute Gasteiger partial charge is 0.223 e. The highest BCUT2D eigenvalue weighted by Gasteiger charge is 2.18. The highest BCUT2D eigenvalue weighted by molar-refractivity contribution is 5.85. The molecule has 0 bridgehead atoms. The number of unbranched alkanes of at least 4 members (excludes halogenated alkanes) is 1. The molecule has 3 rings (SSSR count). The van der Waals surface area contributed by atoms with Crippen LogP contribution in [0.2, 0.25) is 0 Å². The number of carbonyl (C=O) groups is 1. The van der Waals surface area contributed by atoms with Crippen molar-refractivity contribution >= 4 is 16.8 Å². The zero-order chi connectivity index (χ0) is 29.3. The number of aromatic nitrogens is 1. The lowest BCUT2D eigenvalue weighted by molar-refractivity contribution is -0.125. The molecule has 2 aromatic rings. The average molecular weight is 553 g/mol. The van der Waals surface area contributed by atoms with Gasteiger partial charge in [0.2, 0.25) is 5.91 Å². The summed E-state index contributed by atoms with van der Waals surface area (Å²) in [4.78, 5) is 15.2. The number of benzene rings is 1. The van der Waals surface area contributed by atoms with E-state index in [0.29, 0.717) is 12.0 Å². The Bertz CT molecular complexity index is 1090. The van der Waals surface area contributed by atoms with Crippen molar-refractivity contribution in [2.45, 2.75) is 117 Å². The molecule has 1 amide bonds. The summed E-state index contributed by atoms with van der Waals surface area (Å²) in [5.74, 6) is 1.50. The highest BCUT2D eigenvalue weighted by Crippen LogP contribution is 2.31. The molecule has 1 aliphatic carbocycles. The molecular weight excluding hydrogens is 499 g/mol. The van der Waals surface area contributed by atoms with Gasteiger partial charge in [-0.3, -0.25) is 4.79 Å². The Labute approximate surface area is 242 Å². The second-order valence-electron chi connectivity index (χ2n) is 11.2. The third-order valence-electron chi connectivity index (χ3n) is 7.98.